The molecule has 1 N–H and O–H groups in total. The van der Waals surface area contributed by atoms with Crippen LogP contribution in [-0.4, -0.2) is 55.0 Å². The monoisotopic (exact) mass is 259 g/mol. The summed E-state index contributed by atoms with van der Waals surface area (Å²) in [6.07, 6.45) is 2.69. The number of hydrogen-bond acceptors (Lipinski definition) is 3. The van der Waals surface area contributed by atoms with Crippen LogP contribution in [0.2, 0.25) is 0 Å². The number of rotatable bonds is 3. The number of hydrogen-bond donors (Lipinski definition) is 1. The number of amides is 1. The van der Waals surface area contributed by atoms with Gasteiger partial charge in [0.15, 0.2) is 0 Å². The zero-order valence-corrected chi connectivity index (χ0v) is 11.4. The van der Waals surface area contributed by atoms with Gasteiger partial charge in [0.1, 0.15) is 0 Å². The average molecular weight is 259 g/mol. The molecule has 0 radical (unpaired) electrons. The van der Waals surface area contributed by atoms with Crippen LogP contribution in [0.4, 0.5) is 5.69 Å². The van der Waals surface area contributed by atoms with Gasteiger partial charge in [0.25, 0.3) is 5.91 Å². The van der Waals surface area contributed by atoms with Gasteiger partial charge in [0, 0.05) is 45.0 Å². The predicted octanol–water partition coefficient (Wildman–Crippen LogP) is 1.65. The molecule has 4 nitrogen and oxygen atoms in total. The summed E-state index contributed by atoms with van der Waals surface area (Å²) in [4.78, 5) is 17.0. The molecule has 0 unspecified atom stereocenters. The van der Waals surface area contributed by atoms with Crippen LogP contribution in [0.25, 0.3) is 0 Å². The molecule has 1 aromatic rings. The molecule has 4 heteroatoms. The average Bonchev–Trinajstić information content (AvgIpc) is 3.31. The standard InChI is InChI=1S/C15H21N3O/c1-16-14-5-3-2-4-13(14)15(19)18-10-8-17(9-11-18)12-6-7-12/h2-5,12,16H,6-11H2,1H3. The van der Waals surface area contributed by atoms with Crippen molar-refractivity contribution in [2.24, 2.45) is 0 Å². The molecule has 3 rings (SSSR count). The Bertz CT molecular complexity index is 462. The van der Waals surface area contributed by atoms with E-state index in [4.69, 9.17) is 0 Å². The summed E-state index contributed by atoms with van der Waals surface area (Å²) in [5, 5.41) is 3.09. The van der Waals surface area contributed by atoms with Crippen molar-refractivity contribution < 1.29 is 4.79 Å². The van der Waals surface area contributed by atoms with E-state index in [1.165, 1.54) is 12.8 Å². The van der Waals surface area contributed by atoms with Crippen LogP contribution in [-0.2, 0) is 0 Å². The van der Waals surface area contributed by atoms with Crippen LogP contribution >= 0.6 is 0 Å². The molecule has 0 aromatic heterocycles. The summed E-state index contributed by atoms with van der Waals surface area (Å²) in [7, 11) is 1.86. The number of nitrogens with one attached hydrogen (secondary N) is 1. The Balaban J connectivity index is 1.67. The van der Waals surface area contributed by atoms with E-state index in [1.807, 2.05) is 36.2 Å². The van der Waals surface area contributed by atoms with Crippen LogP contribution < -0.4 is 5.32 Å². The molecule has 1 aliphatic heterocycles. The lowest BCUT2D eigenvalue weighted by Crippen LogP contribution is -2.49. The van der Waals surface area contributed by atoms with Crippen LogP contribution in [0, 0.1) is 0 Å². The third kappa shape index (κ3) is 2.59. The molecule has 2 fully saturated rings. The molecule has 19 heavy (non-hydrogen) atoms. The number of anilines is 1. The zero-order valence-electron chi connectivity index (χ0n) is 11.4. The van der Waals surface area contributed by atoms with Crippen molar-refractivity contribution in [2.45, 2.75) is 18.9 Å². The van der Waals surface area contributed by atoms with Gasteiger partial charge in [-0.2, -0.15) is 0 Å². The van der Waals surface area contributed by atoms with Crippen molar-refractivity contribution in [3.63, 3.8) is 0 Å². The lowest BCUT2D eigenvalue weighted by Gasteiger charge is -2.35. The van der Waals surface area contributed by atoms with Gasteiger partial charge < -0.3 is 10.2 Å². The van der Waals surface area contributed by atoms with Gasteiger partial charge in [-0.05, 0) is 25.0 Å². The normalized spacial score (nSPS) is 20.4. The van der Waals surface area contributed by atoms with Crippen molar-refractivity contribution in [3.05, 3.63) is 29.8 Å². The molecule has 102 valence electrons. The minimum absolute atomic E-state index is 0.153. The summed E-state index contributed by atoms with van der Waals surface area (Å²) in [6.45, 7) is 3.76. The molecule has 0 spiro atoms. The van der Waals surface area contributed by atoms with Gasteiger partial charge >= 0.3 is 0 Å². The number of carbonyl (C=O) groups is 1. The summed E-state index contributed by atoms with van der Waals surface area (Å²) < 4.78 is 0. The molecule has 1 heterocycles. The van der Waals surface area contributed by atoms with Crippen LogP contribution in [0.1, 0.15) is 23.2 Å². The molecule has 1 amide bonds. The molecule has 0 atom stereocenters. The minimum Gasteiger partial charge on any atom is -0.387 e. The molecule has 2 aliphatic rings. The maximum Gasteiger partial charge on any atom is 0.256 e. The van der Waals surface area contributed by atoms with E-state index < -0.39 is 0 Å². The summed E-state index contributed by atoms with van der Waals surface area (Å²) in [6, 6.07) is 8.54. The topological polar surface area (TPSA) is 35.6 Å². The van der Waals surface area contributed by atoms with Crippen LogP contribution in [0.15, 0.2) is 24.3 Å². The SMILES string of the molecule is CNc1ccccc1C(=O)N1CCN(C2CC2)CC1. The van der Waals surface area contributed by atoms with E-state index in [0.29, 0.717) is 0 Å². The van der Waals surface area contributed by atoms with E-state index in [1.54, 1.807) is 0 Å². The lowest BCUT2D eigenvalue weighted by molar-refractivity contribution is 0.0628. The zero-order chi connectivity index (χ0) is 13.2. The number of benzene rings is 1. The Morgan fingerprint density at radius 3 is 2.47 bits per heavy atom. The number of nitrogens with zero attached hydrogens (tertiary/aromatic N) is 2. The fraction of sp³-hybridized carbons (Fsp3) is 0.533. The smallest absolute Gasteiger partial charge is 0.256 e. The molecule has 1 aromatic carbocycles. The van der Waals surface area contributed by atoms with Gasteiger partial charge in [0.2, 0.25) is 0 Å². The van der Waals surface area contributed by atoms with Gasteiger partial charge in [-0.1, -0.05) is 12.1 Å². The third-order valence-corrected chi connectivity index (χ3v) is 4.09. The largest absolute Gasteiger partial charge is 0.387 e. The fourth-order valence-electron chi connectivity index (χ4n) is 2.79. The number of carbonyl (C=O) groups excluding carboxylic acids is 1. The first-order chi connectivity index (χ1) is 9.29. The number of piperazine rings is 1. The second-order valence-electron chi connectivity index (χ2n) is 5.35. The molecular formula is C15H21N3O. The van der Waals surface area contributed by atoms with Gasteiger partial charge in [0.05, 0.1) is 5.56 Å². The van der Waals surface area contributed by atoms with E-state index in [-0.39, 0.29) is 5.91 Å². The van der Waals surface area contributed by atoms with E-state index in [2.05, 4.69) is 10.2 Å². The first-order valence-electron chi connectivity index (χ1n) is 7.09. The van der Waals surface area contributed by atoms with Crippen molar-refractivity contribution in [1.82, 2.24) is 9.80 Å². The van der Waals surface area contributed by atoms with Crippen molar-refractivity contribution in [1.29, 1.82) is 0 Å². The third-order valence-electron chi connectivity index (χ3n) is 4.09. The van der Waals surface area contributed by atoms with Crippen molar-refractivity contribution in [2.75, 3.05) is 38.5 Å². The molecule has 0 bridgehead atoms. The summed E-state index contributed by atoms with van der Waals surface area (Å²) in [5.74, 6) is 0.153. The maximum atomic E-state index is 12.5. The molecular weight excluding hydrogens is 238 g/mol. The Labute approximate surface area is 114 Å². The first-order valence-corrected chi connectivity index (χ1v) is 7.09. The van der Waals surface area contributed by atoms with Gasteiger partial charge in [-0.25, -0.2) is 0 Å². The fourth-order valence-corrected chi connectivity index (χ4v) is 2.79. The molecule has 1 saturated carbocycles. The van der Waals surface area contributed by atoms with Crippen molar-refractivity contribution in [3.8, 4) is 0 Å². The van der Waals surface area contributed by atoms with E-state index >= 15 is 0 Å². The summed E-state index contributed by atoms with van der Waals surface area (Å²) >= 11 is 0. The first kappa shape index (κ1) is 12.5. The van der Waals surface area contributed by atoms with Crippen LogP contribution in [0.3, 0.4) is 0 Å². The van der Waals surface area contributed by atoms with Gasteiger partial charge in [-0.15, -0.1) is 0 Å². The van der Waals surface area contributed by atoms with Crippen LogP contribution in [0.5, 0.6) is 0 Å². The highest BCUT2D eigenvalue weighted by Crippen LogP contribution is 2.28. The maximum absolute atomic E-state index is 12.5. The van der Waals surface area contributed by atoms with E-state index in [0.717, 1.165) is 43.5 Å². The minimum atomic E-state index is 0.153. The predicted molar refractivity (Wildman–Crippen MR) is 76.5 cm³/mol. The molecule has 1 aliphatic carbocycles. The van der Waals surface area contributed by atoms with Gasteiger partial charge in [-0.3, -0.25) is 9.69 Å². The lowest BCUT2D eigenvalue weighted by atomic mass is 10.1. The Hall–Kier alpha value is -1.55. The van der Waals surface area contributed by atoms with E-state index in [9.17, 15) is 4.79 Å². The Morgan fingerprint density at radius 1 is 1.16 bits per heavy atom. The second-order valence-corrected chi connectivity index (χ2v) is 5.35. The van der Waals surface area contributed by atoms with Crippen molar-refractivity contribution >= 4 is 11.6 Å². The second kappa shape index (κ2) is 5.21. The molecule has 1 saturated heterocycles. The summed E-state index contributed by atoms with van der Waals surface area (Å²) in [5.41, 5.74) is 1.70. The Kier molecular flexibility index (Phi) is 3.42. The highest BCUT2D eigenvalue weighted by atomic mass is 16.2. The highest BCUT2D eigenvalue weighted by Gasteiger charge is 2.32. The Morgan fingerprint density at radius 2 is 1.84 bits per heavy atom. The highest BCUT2D eigenvalue weighted by molar-refractivity contribution is 5.99. The quantitative estimate of drug-likeness (QED) is 0.896. The number of para-hydroxylation sites is 1.